The van der Waals surface area contributed by atoms with Gasteiger partial charge in [0.25, 0.3) is 0 Å². The zero-order valence-corrected chi connectivity index (χ0v) is 14.9. The maximum absolute atomic E-state index is 13.0. The van der Waals surface area contributed by atoms with Crippen LogP contribution in [0.15, 0.2) is 41.1 Å². The highest BCUT2D eigenvalue weighted by Gasteiger charge is 2.11. The second-order valence-corrected chi connectivity index (χ2v) is 6.44. The van der Waals surface area contributed by atoms with Crippen LogP contribution >= 0.6 is 11.6 Å². The molecule has 0 saturated heterocycles. The molecule has 2 aromatic heterocycles. The lowest BCUT2D eigenvalue weighted by atomic mass is 10.1. The van der Waals surface area contributed by atoms with Crippen molar-refractivity contribution in [3.63, 3.8) is 0 Å². The minimum Gasteiger partial charge on any atom is -0.364 e. The summed E-state index contributed by atoms with van der Waals surface area (Å²) in [6, 6.07) is 7.72. The number of imidazole rings is 1. The van der Waals surface area contributed by atoms with Gasteiger partial charge in [-0.05, 0) is 37.1 Å². The maximum Gasteiger partial charge on any atom is 0.184 e. The third-order valence-electron chi connectivity index (χ3n) is 4.13. The van der Waals surface area contributed by atoms with E-state index in [2.05, 4.69) is 19.6 Å². The number of nitrogens with zero attached hydrogens (tertiary/aromatic N) is 2. The monoisotopic (exact) mass is 375 g/mol. The highest BCUT2D eigenvalue weighted by atomic mass is 35.5. The van der Waals surface area contributed by atoms with E-state index in [1.807, 2.05) is 0 Å². The van der Waals surface area contributed by atoms with Crippen molar-refractivity contribution in [1.82, 2.24) is 15.1 Å². The molecule has 1 aromatic carbocycles. The van der Waals surface area contributed by atoms with Gasteiger partial charge in [0.1, 0.15) is 23.6 Å². The minimum atomic E-state index is -0.286. The summed E-state index contributed by atoms with van der Waals surface area (Å²) >= 11 is 6.18. The molecule has 0 amide bonds. The van der Waals surface area contributed by atoms with E-state index in [0.29, 0.717) is 23.0 Å². The fraction of sp³-hybridized carbons (Fsp3) is 0.316. The van der Waals surface area contributed by atoms with E-state index < -0.39 is 0 Å². The zero-order valence-electron chi connectivity index (χ0n) is 14.2. The molecular weight excluding hydrogens is 357 g/mol. The largest absolute Gasteiger partial charge is 0.364 e. The van der Waals surface area contributed by atoms with Crippen LogP contribution < -0.4 is 0 Å². The first-order chi connectivity index (χ1) is 12.6. The fourth-order valence-electron chi connectivity index (χ4n) is 2.74. The molecular formula is C19H19ClFN3O2. The fourth-order valence-corrected chi connectivity index (χ4v) is 3.00. The highest BCUT2D eigenvalue weighted by Crippen LogP contribution is 2.26. The van der Waals surface area contributed by atoms with Crippen molar-refractivity contribution in [2.75, 3.05) is 0 Å². The Bertz CT molecular complexity index is 844. The number of halogens is 2. The van der Waals surface area contributed by atoms with Crippen molar-refractivity contribution in [3.05, 3.63) is 59.1 Å². The number of aromatic nitrogens is 3. The van der Waals surface area contributed by atoms with Crippen molar-refractivity contribution in [1.29, 1.82) is 0 Å². The standard InChI is InChI=1S/C19H19ClFN3O2/c20-19-18(13-7-9-14(21)10-8-13)22-17(23-19)6-4-2-1-3-5-16(25)15-11-12-26-24-15/h7-12H,1-6H2,(H,22,23). The van der Waals surface area contributed by atoms with E-state index in [9.17, 15) is 9.18 Å². The van der Waals surface area contributed by atoms with Crippen molar-refractivity contribution in [2.24, 2.45) is 0 Å². The summed E-state index contributed by atoms with van der Waals surface area (Å²) in [7, 11) is 0. The molecule has 0 bridgehead atoms. The predicted octanol–water partition coefficient (Wildman–Crippen LogP) is 5.23. The Morgan fingerprint density at radius 2 is 1.88 bits per heavy atom. The summed E-state index contributed by atoms with van der Waals surface area (Å²) in [5, 5.41) is 4.03. The van der Waals surface area contributed by atoms with E-state index in [-0.39, 0.29) is 11.6 Å². The molecule has 0 aliphatic rings. The molecule has 3 aromatic rings. The number of rotatable bonds is 9. The van der Waals surface area contributed by atoms with Crippen LogP contribution in [0, 0.1) is 5.82 Å². The van der Waals surface area contributed by atoms with Crippen molar-refractivity contribution in [2.45, 2.75) is 38.5 Å². The Morgan fingerprint density at radius 3 is 2.62 bits per heavy atom. The molecule has 0 saturated carbocycles. The predicted molar refractivity (Wildman–Crippen MR) is 96.6 cm³/mol. The van der Waals surface area contributed by atoms with Crippen LogP contribution in [0.3, 0.4) is 0 Å². The number of aromatic amines is 1. The van der Waals surface area contributed by atoms with Gasteiger partial charge in [0, 0.05) is 24.5 Å². The zero-order chi connectivity index (χ0) is 18.4. The summed E-state index contributed by atoms with van der Waals surface area (Å²) in [5.41, 5.74) is 1.91. The summed E-state index contributed by atoms with van der Waals surface area (Å²) in [6.07, 6.45) is 6.39. The van der Waals surface area contributed by atoms with Gasteiger partial charge >= 0.3 is 0 Å². The molecule has 5 nitrogen and oxygen atoms in total. The molecule has 26 heavy (non-hydrogen) atoms. The third kappa shape index (κ3) is 4.79. The second kappa shape index (κ2) is 8.76. The normalized spacial score (nSPS) is 11.0. The number of hydrogen-bond acceptors (Lipinski definition) is 4. The highest BCUT2D eigenvalue weighted by molar-refractivity contribution is 6.31. The lowest BCUT2D eigenvalue weighted by Gasteiger charge is -2.00. The van der Waals surface area contributed by atoms with E-state index in [1.165, 1.54) is 18.4 Å². The third-order valence-corrected chi connectivity index (χ3v) is 4.41. The van der Waals surface area contributed by atoms with Crippen LogP contribution in [0.25, 0.3) is 11.3 Å². The summed E-state index contributed by atoms with van der Waals surface area (Å²) in [4.78, 5) is 19.3. The number of hydrogen-bond donors (Lipinski definition) is 1. The quantitative estimate of drug-likeness (QED) is 0.410. The number of carbonyl (C=O) groups is 1. The molecule has 0 fully saturated rings. The average Bonchev–Trinajstić information content (AvgIpc) is 3.28. The molecule has 2 heterocycles. The Hall–Kier alpha value is -2.47. The van der Waals surface area contributed by atoms with E-state index in [0.717, 1.165) is 43.5 Å². The first-order valence-electron chi connectivity index (χ1n) is 8.57. The summed E-state index contributed by atoms with van der Waals surface area (Å²) in [6.45, 7) is 0. The van der Waals surface area contributed by atoms with Gasteiger partial charge in [-0.25, -0.2) is 9.37 Å². The number of carbonyl (C=O) groups excluding carboxylic acids is 1. The van der Waals surface area contributed by atoms with Gasteiger partial charge in [-0.2, -0.15) is 0 Å². The van der Waals surface area contributed by atoms with Gasteiger partial charge in [0.05, 0.1) is 5.69 Å². The molecule has 0 radical (unpaired) electrons. The molecule has 0 spiro atoms. The first kappa shape index (κ1) is 18.3. The van der Waals surface area contributed by atoms with Crippen molar-refractivity contribution < 1.29 is 13.7 Å². The van der Waals surface area contributed by atoms with Gasteiger partial charge in [-0.15, -0.1) is 0 Å². The minimum absolute atomic E-state index is 0.0144. The number of Topliss-reactive ketones (excluding diaryl/α,β-unsaturated/α-hetero) is 1. The second-order valence-electron chi connectivity index (χ2n) is 6.08. The maximum atomic E-state index is 13.0. The number of benzene rings is 1. The van der Waals surface area contributed by atoms with Gasteiger partial charge in [0.15, 0.2) is 10.9 Å². The lowest BCUT2D eigenvalue weighted by Crippen LogP contribution is -1.99. The molecule has 0 unspecified atom stereocenters. The SMILES string of the molecule is O=C(CCCCCCc1nc(Cl)c(-c2ccc(F)cc2)[nH]1)c1ccon1. The van der Waals surface area contributed by atoms with E-state index >= 15 is 0 Å². The Balaban J connectivity index is 1.41. The Kier molecular flexibility index (Phi) is 6.17. The van der Waals surface area contributed by atoms with Gasteiger partial charge in [-0.1, -0.05) is 29.6 Å². The summed E-state index contributed by atoms with van der Waals surface area (Å²) < 4.78 is 17.7. The van der Waals surface area contributed by atoms with Crippen molar-refractivity contribution in [3.8, 4) is 11.3 Å². The Labute approximate surface area is 155 Å². The van der Waals surface area contributed by atoms with Crippen LogP contribution in [0.1, 0.15) is 48.4 Å². The molecule has 7 heteroatoms. The average molecular weight is 376 g/mol. The number of nitrogens with one attached hydrogen (secondary N) is 1. The van der Waals surface area contributed by atoms with Crippen LogP contribution in [-0.2, 0) is 6.42 Å². The van der Waals surface area contributed by atoms with Crippen molar-refractivity contribution >= 4 is 17.4 Å². The van der Waals surface area contributed by atoms with E-state index in [1.54, 1.807) is 18.2 Å². The Morgan fingerprint density at radius 1 is 1.12 bits per heavy atom. The topological polar surface area (TPSA) is 71.8 Å². The molecule has 0 aliphatic heterocycles. The number of H-pyrrole nitrogens is 1. The molecule has 0 atom stereocenters. The molecule has 136 valence electrons. The van der Waals surface area contributed by atoms with Gasteiger partial charge < -0.3 is 9.51 Å². The number of aryl methyl sites for hydroxylation is 1. The van der Waals surface area contributed by atoms with E-state index in [4.69, 9.17) is 11.6 Å². The lowest BCUT2D eigenvalue weighted by molar-refractivity contribution is 0.0970. The van der Waals surface area contributed by atoms with Crippen LogP contribution in [0.5, 0.6) is 0 Å². The van der Waals surface area contributed by atoms with Gasteiger partial charge in [0.2, 0.25) is 0 Å². The van der Waals surface area contributed by atoms with Crippen LogP contribution in [0.4, 0.5) is 4.39 Å². The molecule has 3 rings (SSSR count). The summed E-state index contributed by atoms with van der Waals surface area (Å²) in [5.74, 6) is 0.542. The smallest absolute Gasteiger partial charge is 0.184 e. The van der Waals surface area contributed by atoms with Crippen LogP contribution in [-0.4, -0.2) is 20.9 Å². The van der Waals surface area contributed by atoms with Crippen LogP contribution in [0.2, 0.25) is 5.15 Å². The number of unbranched alkanes of at least 4 members (excludes halogenated alkanes) is 3. The molecule has 0 aliphatic carbocycles. The first-order valence-corrected chi connectivity index (χ1v) is 8.95. The number of ketones is 1. The molecule has 1 N–H and O–H groups in total. The van der Waals surface area contributed by atoms with Gasteiger partial charge in [-0.3, -0.25) is 4.79 Å².